The molecule has 4 aromatic rings. The molecule has 0 spiro atoms. The first-order chi connectivity index (χ1) is 14.5. The van der Waals surface area contributed by atoms with Crippen molar-refractivity contribution >= 4 is 45.8 Å². The van der Waals surface area contributed by atoms with Gasteiger partial charge in [-0.1, -0.05) is 71.7 Å². The molecule has 0 aliphatic rings. The summed E-state index contributed by atoms with van der Waals surface area (Å²) < 4.78 is 11.9. The van der Waals surface area contributed by atoms with Crippen LogP contribution in [0.5, 0.6) is 0 Å². The number of halogens is 2. The Bertz CT molecular complexity index is 1180. The van der Waals surface area contributed by atoms with Crippen molar-refractivity contribution in [1.29, 1.82) is 0 Å². The molecule has 0 bridgehead atoms. The lowest BCUT2D eigenvalue weighted by molar-refractivity contribution is 0.102. The number of hydrogen-bond donors (Lipinski definition) is 1. The second kappa shape index (κ2) is 8.92. The second-order valence-electron chi connectivity index (χ2n) is 6.85. The summed E-state index contributed by atoms with van der Waals surface area (Å²) in [4.78, 5) is 12.8. The molecule has 1 N–H and O–H groups in total. The van der Waals surface area contributed by atoms with Crippen LogP contribution in [0.1, 0.15) is 27.2 Å². The van der Waals surface area contributed by atoms with E-state index in [0.29, 0.717) is 24.5 Å². The Morgan fingerprint density at radius 3 is 2.37 bits per heavy atom. The van der Waals surface area contributed by atoms with Gasteiger partial charge in [0.25, 0.3) is 5.91 Å². The third-order valence-corrected chi connectivity index (χ3v) is 5.45. The summed E-state index contributed by atoms with van der Waals surface area (Å²) in [6.07, 6.45) is 0. The summed E-state index contributed by atoms with van der Waals surface area (Å²) >= 11 is 12.3. The van der Waals surface area contributed by atoms with Gasteiger partial charge >= 0.3 is 0 Å². The first kappa shape index (κ1) is 20.5. The lowest BCUT2D eigenvalue weighted by Gasteiger charge is -2.09. The SMILES string of the molecule is Cc1oc2c(NC(=O)c3c(Cl)cccc3Cl)cccc2c1COCc1ccccc1. The zero-order valence-corrected chi connectivity index (χ0v) is 17.8. The van der Waals surface area contributed by atoms with Crippen LogP contribution in [0.15, 0.2) is 71.1 Å². The fraction of sp³-hybridized carbons (Fsp3) is 0.125. The van der Waals surface area contributed by atoms with Gasteiger partial charge in [-0.25, -0.2) is 0 Å². The molecular formula is C24H19Cl2NO3. The highest BCUT2D eigenvalue weighted by Gasteiger charge is 2.19. The number of benzene rings is 3. The van der Waals surface area contributed by atoms with Gasteiger partial charge in [0.15, 0.2) is 5.58 Å². The fourth-order valence-electron chi connectivity index (χ4n) is 3.31. The second-order valence-corrected chi connectivity index (χ2v) is 7.66. The van der Waals surface area contributed by atoms with Gasteiger partial charge in [0.05, 0.1) is 34.5 Å². The van der Waals surface area contributed by atoms with Crippen molar-refractivity contribution in [2.24, 2.45) is 0 Å². The van der Waals surface area contributed by atoms with Crippen LogP contribution in [0, 0.1) is 6.92 Å². The molecule has 0 saturated heterocycles. The van der Waals surface area contributed by atoms with E-state index in [1.165, 1.54) is 0 Å². The first-order valence-electron chi connectivity index (χ1n) is 9.42. The number of amides is 1. The summed E-state index contributed by atoms with van der Waals surface area (Å²) in [5.74, 6) is 0.351. The molecule has 4 nitrogen and oxygen atoms in total. The largest absolute Gasteiger partial charge is 0.459 e. The number of hydrogen-bond acceptors (Lipinski definition) is 3. The zero-order chi connectivity index (χ0) is 21.1. The van der Waals surface area contributed by atoms with E-state index >= 15 is 0 Å². The van der Waals surface area contributed by atoms with E-state index in [1.54, 1.807) is 24.3 Å². The minimum atomic E-state index is -0.394. The summed E-state index contributed by atoms with van der Waals surface area (Å²) in [7, 11) is 0. The van der Waals surface area contributed by atoms with E-state index in [1.807, 2.05) is 49.4 Å². The summed E-state index contributed by atoms with van der Waals surface area (Å²) in [5, 5.41) is 4.33. The molecule has 1 heterocycles. The Labute approximate surface area is 184 Å². The van der Waals surface area contributed by atoms with Gasteiger partial charge in [0.2, 0.25) is 0 Å². The average molecular weight is 440 g/mol. The van der Waals surface area contributed by atoms with E-state index < -0.39 is 5.91 Å². The van der Waals surface area contributed by atoms with E-state index in [4.69, 9.17) is 32.4 Å². The van der Waals surface area contributed by atoms with Crippen LogP contribution in [-0.4, -0.2) is 5.91 Å². The molecular weight excluding hydrogens is 421 g/mol. The predicted molar refractivity (Wildman–Crippen MR) is 120 cm³/mol. The molecule has 0 atom stereocenters. The van der Waals surface area contributed by atoms with Crippen LogP contribution in [0.3, 0.4) is 0 Å². The summed E-state index contributed by atoms with van der Waals surface area (Å²) in [6.45, 7) is 2.80. The van der Waals surface area contributed by atoms with Crippen molar-refractivity contribution in [3.63, 3.8) is 0 Å². The smallest absolute Gasteiger partial charge is 0.258 e. The molecule has 0 unspecified atom stereocenters. The van der Waals surface area contributed by atoms with E-state index in [-0.39, 0.29) is 15.6 Å². The highest BCUT2D eigenvalue weighted by atomic mass is 35.5. The summed E-state index contributed by atoms with van der Waals surface area (Å²) in [5.41, 5.74) is 3.42. The van der Waals surface area contributed by atoms with Crippen molar-refractivity contribution in [2.45, 2.75) is 20.1 Å². The van der Waals surface area contributed by atoms with E-state index in [2.05, 4.69) is 5.32 Å². The molecule has 0 aliphatic carbocycles. The summed E-state index contributed by atoms with van der Waals surface area (Å²) in [6, 6.07) is 20.5. The van der Waals surface area contributed by atoms with Crippen LogP contribution in [-0.2, 0) is 18.0 Å². The maximum absolute atomic E-state index is 12.8. The molecule has 30 heavy (non-hydrogen) atoms. The topological polar surface area (TPSA) is 51.5 Å². The third kappa shape index (κ3) is 4.21. The molecule has 0 radical (unpaired) electrons. The van der Waals surface area contributed by atoms with Crippen LogP contribution >= 0.6 is 23.2 Å². The Balaban J connectivity index is 1.57. The fourth-order valence-corrected chi connectivity index (χ4v) is 3.88. The highest BCUT2D eigenvalue weighted by molar-refractivity contribution is 6.40. The lowest BCUT2D eigenvalue weighted by Crippen LogP contribution is -2.13. The van der Waals surface area contributed by atoms with Gasteiger partial charge in [0.1, 0.15) is 5.76 Å². The first-order valence-corrected chi connectivity index (χ1v) is 10.2. The Kier molecular flexibility index (Phi) is 6.09. The monoisotopic (exact) mass is 439 g/mol. The molecule has 1 aromatic heterocycles. The minimum absolute atomic E-state index is 0.229. The third-order valence-electron chi connectivity index (χ3n) is 4.82. The van der Waals surface area contributed by atoms with Crippen molar-refractivity contribution in [3.05, 3.63) is 99.2 Å². The number of anilines is 1. The van der Waals surface area contributed by atoms with Crippen LogP contribution < -0.4 is 5.32 Å². The highest BCUT2D eigenvalue weighted by Crippen LogP contribution is 2.33. The molecule has 152 valence electrons. The van der Waals surface area contributed by atoms with Crippen LogP contribution in [0.4, 0.5) is 5.69 Å². The normalized spacial score (nSPS) is 11.0. The number of ether oxygens (including phenoxy) is 1. The molecule has 0 fully saturated rings. The minimum Gasteiger partial charge on any atom is -0.459 e. The maximum atomic E-state index is 12.8. The lowest BCUT2D eigenvalue weighted by atomic mass is 10.1. The number of para-hydroxylation sites is 1. The molecule has 4 rings (SSSR count). The molecule has 6 heteroatoms. The van der Waals surface area contributed by atoms with Gasteiger partial charge < -0.3 is 14.5 Å². The van der Waals surface area contributed by atoms with Gasteiger partial charge in [-0.3, -0.25) is 4.79 Å². The number of rotatable bonds is 6. The average Bonchev–Trinajstić information content (AvgIpc) is 3.05. The van der Waals surface area contributed by atoms with E-state index in [0.717, 1.165) is 22.3 Å². The number of carbonyl (C=O) groups is 1. The quantitative estimate of drug-likeness (QED) is 0.351. The number of aryl methyl sites for hydroxylation is 1. The van der Waals surface area contributed by atoms with Gasteiger partial charge in [-0.05, 0) is 30.7 Å². The molecule has 1 amide bonds. The standard InChI is InChI=1S/C24H19Cl2NO3/c1-15-18(14-29-13-16-7-3-2-4-8-16)17-9-5-12-21(23(17)30-15)27-24(28)22-19(25)10-6-11-20(22)26/h2-12H,13-14H2,1H3,(H,27,28). The maximum Gasteiger partial charge on any atom is 0.258 e. The van der Waals surface area contributed by atoms with E-state index in [9.17, 15) is 4.79 Å². The van der Waals surface area contributed by atoms with Gasteiger partial charge in [0, 0.05) is 10.9 Å². The van der Waals surface area contributed by atoms with Crippen molar-refractivity contribution < 1.29 is 13.9 Å². The predicted octanol–water partition coefficient (Wildman–Crippen LogP) is 7.02. The van der Waals surface area contributed by atoms with Crippen LogP contribution in [0.2, 0.25) is 10.0 Å². The van der Waals surface area contributed by atoms with Gasteiger partial charge in [-0.2, -0.15) is 0 Å². The molecule has 0 saturated carbocycles. The van der Waals surface area contributed by atoms with Crippen LogP contribution in [0.25, 0.3) is 11.0 Å². The molecule has 0 aliphatic heterocycles. The van der Waals surface area contributed by atoms with Gasteiger partial charge in [-0.15, -0.1) is 0 Å². The Morgan fingerprint density at radius 2 is 1.63 bits per heavy atom. The van der Waals surface area contributed by atoms with Crippen molar-refractivity contribution in [3.8, 4) is 0 Å². The molecule has 3 aromatic carbocycles. The zero-order valence-electron chi connectivity index (χ0n) is 16.2. The number of nitrogens with one attached hydrogen (secondary N) is 1. The number of fused-ring (bicyclic) bond motifs is 1. The Hall–Kier alpha value is -2.79. The van der Waals surface area contributed by atoms with Crippen molar-refractivity contribution in [2.75, 3.05) is 5.32 Å². The number of carbonyl (C=O) groups excluding carboxylic acids is 1. The number of furan rings is 1. The Morgan fingerprint density at radius 1 is 0.933 bits per heavy atom. The van der Waals surface area contributed by atoms with Crippen molar-refractivity contribution in [1.82, 2.24) is 0 Å².